The Morgan fingerprint density at radius 3 is 2.62 bits per heavy atom. The third-order valence-corrected chi connectivity index (χ3v) is 2.72. The second-order valence-electron chi connectivity index (χ2n) is 4.87. The van der Waals surface area contributed by atoms with Crippen LogP contribution >= 0.6 is 0 Å². The molecule has 1 heterocycles. The highest BCUT2D eigenvalue weighted by atomic mass is 16.5. The fourth-order valence-electron chi connectivity index (χ4n) is 1.75. The number of hydrogen-bond donors (Lipinski definition) is 1. The van der Waals surface area contributed by atoms with Crippen LogP contribution in [0.25, 0.3) is 0 Å². The van der Waals surface area contributed by atoms with Crippen LogP contribution in [0.2, 0.25) is 0 Å². The molecule has 0 bridgehead atoms. The molecule has 0 atom stereocenters. The zero-order chi connectivity index (χ0) is 15.1. The van der Waals surface area contributed by atoms with Crippen LogP contribution in [-0.2, 0) is 6.54 Å². The lowest BCUT2D eigenvalue weighted by molar-refractivity contribution is 0.319. The van der Waals surface area contributed by atoms with E-state index in [0.29, 0.717) is 36.6 Å². The van der Waals surface area contributed by atoms with Gasteiger partial charge in [-0.05, 0) is 19.1 Å². The van der Waals surface area contributed by atoms with Gasteiger partial charge in [-0.3, -0.25) is 4.98 Å². The Morgan fingerprint density at radius 2 is 1.90 bits per heavy atom. The van der Waals surface area contributed by atoms with Gasteiger partial charge in [0.2, 0.25) is 5.88 Å². The van der Waals surface area contributed by atoms with Crippen molar-refractivity contribution in [2.45, 2.75) is 33.4 Å². The molecular formula is C16H21N3O2. The van der Waals surface area contributed by atoms with E-state index in [-0.39, 0.29) is 0 Å². The number of ether oxygens (including phenoxy) is 2. The Balaban J connectivity index is 2.11. The van der Waals surface area contributed by atoms with Gasteiger partial charge in [0.1, 0.15) is 0 Å². The fraction of sp³-hybridized carbons (Fsp3) is 0.375. The second kappa shape index (κ2) is 7.59. The van der Waals surface area contributed by atoms with Crippen molar-refractivity contribution in [1.82, 2.24) is 15.3 Å². The maximum absolute atomic E-state index is 5.78. The maximum atomic E-state index is 5.78. The highest BCUT2D eigenvalue weighted by Crippen LogP contribution is 2.30. The molecule has 2 aromatic rings. The molecule has 1 N–H and O–H groups in total. The molecule has 0 spiro atoms. The van der Waals surface area contributed by atoms with Gasteiger partial charge in [-0.25, -0.2) is 4.98 Å². The number of nitrogens with one attached hydrogen (secondary N) is 1. The third-order valence-electron chi connectivity index (χ3n) is 2.72. The SMILES string of the molecule is CCOc1ccccc1Oc1cncc(CNC(C)C)n1. The molecule has 0 radical (unpaired) electrons. The number of nitrogens with zero attached hydrogens (tertiary/aromatic N) is 2. The number of aromatic nitrogens is 2. The van der Waals surface area contributed by atoms with Crippen molar-refractivity contribution < 1.29 is 9.47 Å². The minimum atomic E-state index is 0.398. The van der Waals surface area contributed by atoms with Gasteiger partial charge < -0.3 is 14.8 Å². The van der Waals surface area contributed by atoms with Crippen molar-refractivity contribution in [3.63, 3.8) is 0 Å². The molecule has 112 valence electrons. The lowest BCUT2D eigenvalue weighted by atomic mass is 10.3. The average Bonchev–Trinajstić information content (AvgIpc) is 2.48. The van der Waals surface area contributed by atoms with Gasteiger partial charge in [-0.15, -0.1) is 0 Å². The normalized spacial score (nSPS) is 10.7. The van der Waals surface area contributed by atoms with Gasteiger partial charge in [0, 0.05) is 18.8 Å². The number of benzene rings is 1. The Hall–Kier alpha value is -2.14. The van der Waals surface area contributed by atoms with E-state index in [4.69, 9.17) is 9.47 Å². The Bertz CT molecular complexity index is 573. The van der Waals surface area contributed by atoms with Gasteiger partial charge in [0.25, 0.3) is 0 Å². The molecule has 21 heavy (non-hydrogen) atoms. The first kappa shape index (κ1) is 15.3. The van der Waals surface area contributed by atoms with Gasteiger partial charge >= 0.3 is 0 Å². The van der Waals surface area contributed by atoms with E-state index in [1.54, 1.807) is 12.4 Å². The van der Waals surface area contributed by atoms with Crippen LogP contribution in [0, 0.1) is 0 Å². The Morgan fingerprint density at radius 1 is 1.14 bits per heavy atom. The van der Waals surface area contributed by atoms with Crippen LogP contribution in [0.5, 0.6) is 17.4 Å². The first-order chi connectivity index (χ1) is 10.2. The molecule has 0 saturated heterocycles. The minimum Gasteiger partial charge on any atom is -0.490 e. The minimum absolute atomic E-state index is 0.398. The van der Waals surface area contributed by atoms with Gasteiger partial charge in [0.15, 0.2) is 11.5 Å². The smallest absolute Gasteiger partial charge is 0.238 e. The molecule has 0 saturated carbocycles. The van der Waals surface area contributed by atoms with Gasteiger partial charge in [-0.2, -0.15) is 0 Å². The molecule has 1 aromatic carbocycles. The summed E-state index contributed by atoms with van der Waals surface area (Å²) in [6.45, 7) is 7.37. The molecule has 0 fully saturated rings. The van der Waals surface area contributed by atoms with Crippen LogP contribution in [-0.4, -0.2) is 22.6 Å². The largest absolute Gasteiger partial charge is 0.490 e. The van der Waals surface area contributed by atoms with Crippen LogP contribution < -0.4 is 14.8 Å². The number of hydrogen-bond acceptors (Lipinski definition) is 5. The van der Waals surface area contributed by atoms with Crippen molar-refractivity contribution in [3.8, 4) is 17.4 Å². The molecule has 0 unspecified atom stereocenters. The topological polar surface area (TPSA) is 56.3 Å². The lowest BCUT2D eigenvalue weighted by Crippen LogP contribution is -2.22. The second-order valence-corrected chi connectivity index (χ2v) is 4.87. The van der Waals surface area contributed by atoms with E-state index in [2.05, 4.69) is 29.1 Å². The molecule has 0 amide bonds. The summed E-state index contributed by atoms with van der Waals surface area (Å²) >= 11 is 0. The Labute approximate surface area is 125 Å². The van der Waals surface area contributed by atoms with E-state index in [0.717, 1.165) is 5.69 Å². The van der Waals surface area contributed by atoms with Crippen molar-refractivity contribution in [2.75, 3.05) is 6.61 Å². The summed E-state index contributed by atoms with van der Waals surface area (Å²) < 4.78 is 11.3. The highest BCUT2D eigenvalue weighted by molar-refractivity contribution is 5.41. The van der Waals surface area contributed by atoms with Crippen LogP contribution in [0.15, 0.2) is 36.7 Å². The number of rotatable bonds is 7. The molecule has 2 rings (SSSR count). The van der Waals surface area contributed by atoms with Crippen LogP contribution in [0.3, 0.4) is 0 Å². The van der Waals surface area contributed by atoms with Crippen molar-refractivity contribution in [1.29, 1.82) is 0 Å². The maximum Gasteiger partial charge on any atom is 0.238 e. The zero-order valence-corrected chi connectivity index (χ0v) is 12.7. The summed E-state index contributed by atoms with van der Waals surface area (Å²) in [7, 11) is 0. The molecule has 5 heteroatoms. The van der Waals surface area contributed by atoms with Crippen LogP contribution in [0.1, 0.15) is 26.5 Å². The average molecular weight is 287 g/mol. The number of para-hydroxylation sites is 2. The van der Waals surface area contributed by atoms with Crippen molar-refractivity contribution in [3.05, 3.63) is 42.4 Å². The molecule has 0 aliphatic rings. The highest BCUT2D eigenvalue weighted by Gasteiger charge is 2.07. The van der Waals surface area contributed by atoms with E-state index >= 15 is 0 Å². The summed E-state index contributed by atoms with van der Waals surface area (Å²) in [6, 6.07) is 7.93. The summed E-state index contributed by atoms with van der Waals surface area (Å²) in [5, 5.41) is 3.30. The van der Waals surface area contributed by atoms with Crippen LogP contribution in [0.4, 0.5) is 0 Å². The van der Waals surface area contributed by atoms with E-state index < -0.39 is 0 Å². The predicted molar refractivity (Wildman–Crippen MR) is 81.7 cm³/mol. The van der Waals surface area contributed by atoms with Crippen molar-refractivity contribution >= 4 is 0 Å². The predicted octanol–water partition coefficient (Wildman–Crippen LogP) is 3.17. The third kappa shape index (κ3) is 4.72. The summed E-state index contributed by atoms with van der Waals surface area (Å²) in [5.74, 6) is 1.81. The molecule has 0 aliphatic heterocycles. The molecule has 0 aliphatic carbocycles. The molecule has 1 aromatic heterocycles. The van der Waals surface area contributed by atoms with E-state index in [1.165, 1.54) is 0 Å². The summed E-state index contributed by atoms with van der Waals surface area (Å²) in [6.07, 6.45) is 3.33. The Kier molecular flexibility index (Phi) is 5.51. The molecular weight excluding hydrogens is 266 g/mol. The van der Waals surface area contributed by atoms with Gasteiger partial charge in [0.05, 0.1) is 18.5 Å². The quantitative estimate of drug-likeness (QED) is 0.847. The van der Waals surface area contributed by atoms with Crippen molar-refractivity contribution in [2.24, 2.45) is 0 Å². The first-order valence-corrected chi connectivity index (χ1v) is 7.13. The van der Waals surface area contributed by atoms with Gasteiger partial charge in [-0.1, -0.05) is 26.0 Å². The monoisotopic (exact) mass is 287 g/mol. The molecule has 5 nitrogen and oxygen atoms in total. The van der Waals surface area contributed by atoms with E-state index in [9.17, 15) is 0 Å². The first-order valence-electron chi connectivity index (χ1n) is 7.13. The van der Waals surface area contributed by atoms with E-state index in [1.807, 2.05) is 31.2 Å². The fourth-order valence-corrected chi connectivity index (χ4v) is 1.75. The summed E-state index contributed by atoms with van der Waals surface area (Å²) in [5.41, 5.74) is 0.843. The zero-order valence-electron chi connectivity index (χ0n) is 12.7. The standard InChI is InChI=1S/C16H21N3O2/c1-4-20-14-7-5-6-8-15(14)21-16-11-17-9-13(19-16)10-18-12(2)3/h5-9,11-12,18H,4,10H2,1-3H3. The summed E-state index contributed by atoms with van der Waals surface area (Å²) in [4.78, 5) is 8.60. The lowest BCUT2D eigenvalue weighted by Gasteiger charge is -2.11.